The Morgan fingerprint density at radius 3 is 2.50 bits per heavy atom. The Kier molecular flexibility index (Phi) is 5.12. The van der Waals surface area contributed by atoms with E-state index in [0.717, 1.165) is 0 Å². The molecule has 2 aliphatic heterocycles. The summed E-state index contributed by atoms with van der Waals surface area (Å²) >= 11 is 3.47. The fraction of sp³-hybridized carbons (Fsp3) is 0.429. The first-order chi connectivity index (χ1) is 13.3. The molecule has 0 aromatic heterocycles. The molecular formula is C21H23BrFNO4. The van der Waals surface area contributed by atoms with Crippen LogP contribution in [0.4, 0.5) is 4.39 Å². The van der Waals surface area contributed by atoms with Gasteiger partial charge in [0.15, 0.2) is 0 Å². The molecule has 2 heterocycles. The average molecular weight is 452 g/mol. The summed E-state index contributed by atoms with van der Waals surface area (Å²) in [7, 11) is 0. The summed E-state index contributed by atoms with van der Waals surface area (Å²) in [4.78, 5) is 2.13. The molecule has 0 amide bonds. The molecule has 2 aromatic rings. The van der Waals surface area contributed by atoms with E-state index < -0.39 is 11.7 Å². The lowest BCUT2D eigenvalue weighted by Crippen LogP contribution is -2.52. The van der Waals surface area contributed by atoms with Crippen LogP contribution in [0.15, 0.2) is 34.8 Å². The number of benzene rings is 2. The summed E-state index contributed by atoms with van der Waals surface area (Å²) in [5.41, 5.74) is 1.02. The summed E-state index contributed by atoms with van der Waals surface area (Å²) in [5, 5.41) is 32.0. The molecule has 0 bridgehead atoms. The highest BCUT2D eigenvalue weighted by molar-refractivity contribution is 9.10. The van der Waals surface area contributed by atoms with Crippen LogP contribution in [-0.2, 0) is 5.60 Å². The summed E-state index contributed by atoms with van der Waals surface area (Å²) in [6, 6.07) is 7.29. The van der Waals surface area contributed by atoms with E-state index in [0.29, 0.717) is 59.5 Å². The highest BCUT2D eigenvalue weighted by Crippen LogP contribution is 2.45. The Hall–Kier alpha value is -1.67. The van der Waals surface area contributed by atoms with E-state index >= 15 is 0 Å². The van der Waals surface area contributed by atoms with E-state index in [1.165, 1.54) is 12.1 Å². The highest BCUT2D eigenvalue weighted by Gasteiger charge is 2.41. The lowest BCUT2D eigenvalue weighted by molar-refractivity contribution is -0.0667. The molecule has 7 heteroatoms. The van der Waals surface area contributed by atoms with Crippen LogP contribution in [-0.4, -0.2) is 46.0 Å². The molecule has 4 rings (SSSR count). The number of hydrogen-bond acceptors (Lipinski definition) is 5. The Balaban J connectivity index is 1.51. The van der Waals surface area contributed by atoms with Gasteiger partial charge < -0.3 is 20.1 Å². The van der Waals surface area contributed by atoms with Gasteiger partial charge >= 0.3 is 0 Å². The second kappa shape index (κ2) is 7.30. The van der Waals surface area contributed by atoms with Gasteiger partial charge in [-0.15, -0.1) is 0 Å². The van der Waals surface area contributed by atoms with Crippen molar-refractivity contribution in [2.24, 2.45) is 0 Å². The van der Waals surface area contributed by atoms with Gasteiger partial charge in [-0.1, -0.05) is 12.1 Å². The number of nitrogens with zero attached hydrogens (tertiary/aromatic N) is 1. The molecule has 1 saturated heterocycles. The molecule has 1 fully saturated rings. The maximum atomic E-state index is 13.2. The summed E-state index contributed by atoms with van der Waals surface area (Å²) in [5.74, 6) is 0.287. The quantitative estimate of drug-likeness (QED) is 0.652. The predicted molar refractivity (Wildman–Crippen MR) is 106 cm³/mol. The Bertz CT molecular complexity index is 881. The molecule has 0 spiro atoms. The molecule has 0 saturated carbocycles. The third-order valence-electron chi connectivity index (χ3n) is 6.03. The number of hydrogen-bond donors (Lipinski definition) is 3. The van der Waals surface area contributed by atoms with E-state index in [2.05, 4.69) is 20.8 Å². The number of rotatable bonds is 2. The minimum absolute atomic E-state index is 0.124. The van der Waals surface area contributed by atoms with Crippen LogP contribution in [0.25, 0.3) is 0 Å². The molecule has 3 N–H and O–H groups in total. The van der Waals surface area contributed by atoms with Crippen molar-refractivity contribution < 1.29 is 24.4 Å². The maximum absolute atomic E-state index is 13.2. The molecule has 28 heavy (non-hydrogen) atoms. The van der Waals surface area contributed by atoms with Gasteiger partial charge in [-0.05, 0) is 53.4 Å². The van der Waals surface area contributed by atoms with Crippen LogP contribution in [0.5, 0.6) is 11.5 Å². The van der Waals surface area contributed by atoms with Crippen molar-refractivity contribution in [1.29, 1.82) is 0 Å². The largest absolute Gasteiger partial charge is 0.508 e. The number of ether oxygens (including phenoxy) is 1. The second-order valence-electron chi connectivity index (χ2n) is 7.64. The summed E-state index contributed by atoms with van der Waals surface area (Å²) in [6.07, 6.45) is 0.212. The van der Waals surface area contributed by atoms with Crippen LogP contribution in [0.3, 0.4) is 0 Å². The van der Waals surface area contributed by atoms with Crippen LogP contribution in [0.1, 0.15) is 35.6 Å². The van der Waals surface area contributed by atoms with Gasteiger partial charge in [-0.2, -0.15) is 0 Å². The predicted octanol–water partition coefficient (Wildman–Crippen LogP) is 3.38. The van der Waals surface area contributed by atoms with E-state index in [-0.39, 0.29) is 17.6 Å². The SMILES string of the molecule is Cc1c(O)cc2c(c1Br)[C@H](O)C(N1CCC(O)(c3ccc(F)cc3)CC1)CO2. The molecule has 1 unspecified atom stereocenters. The van der Waals surface area contributed by atoms with Crippen molar-refractivity contribution in [1.82, 2.24) is 4.90 Å². The zero-order valence-electron chi connectivity index (χ0n) is 15.5. The molecule has 2 aromatic carbocycles. The van der Waals surface area contributed by atoms with E-state index in [1.54, 1.807) is 25.1 Å². The van der Waals surface area contributed by atoms with E-state index in [9.17, 15) is 19.7 Å². The van der Waals surface area contributed by atoms with Crippen LogP contribution < -0.4 is 4.74 Å². The molecular weight excluding hydrogens is 429 g/mol. The van der Waals surface area contributed by atoms with Gasteiger partial charge in [0.25, 0.3) is 0 Å². The normalized spacial score (nSPS) is 24.5. The van der Waals surface area contributed by atoms with Gasteiger partial charge in [-0.25, -0.2) is 4.39 Å². The van der Waals surface area contributed by atoms with Crippen molar-refractivity contribution in [3.8, 4) is 11.5 Å². The highest BCUT2D eigenvalue weighted by atomic mass is 79.9. The summed E-state index contributed by atoms with van der Waals surface area (Å²) < 4.78 is 19.7. The number of aliphatic hydroxyl groups is 2. The summed E-state index contributed by atoms with van der Waals surface area (Å²) in [6.45, 7) is 3.25. The molecule has 0 aliphatic carbocycles. The van der Waals surface area contributed by atoms with E-state index in [4.69, 9.17) is 4.74 Å². The zero-order chi connectivity index (χ0) is 20.1. The minimum Gasteiger partial charge on any atom is -0.508 e. The number of likely N-dealkylation sites (tertiary alicyclic amines) is 1. The fourth-order valence-electron chi connectivity index (χ4n) is 4.17. The number of halogens is 2. The van der Waals surface area contributed by atoms with Crippen molar-refractivity contribution >= 4 is 15.9 Å². The topological polar surface area (TPSA) is 73.2 Å². The van der Waals surface area contributed by atoms with Crippen molar-refractivity contribution in [3.05, 3.63) is 57.3 Å². The number of phenols is 1. The van der Waals surface area contributed by atoms with Gasteiger partial charge in [-0.3, -0.25) is 4.90 Å². The number of piperidine rings is 1. The third-order valence-corrected chi connectivity index (χ3v) is 7.05. The van der Waals surface area contributed by atoms with Crippen molar-refractivity contribution in [2.45, 2.75) is 37.5 Å². The Morgan fingerprint density at radius 2 is 1.86 bits per heavy atom. The molecule has 2 aliphatic rings. The zero-order valence-corrected chi connectivity index (χ0v) is 17.1. The number of phenolic OH excluding ortho intramolecular Hbond substituents is 1. The molecule has 0 radical (unpaired) electrons. The second-order valence-corrected chi connectivity index (χ2v) is 8.44. The van der Waals surface area contributed by atoms with Gasteiger partial charge in [0.05, 0.1) is 11.6 Å². The smallest absolute Gasteiger partial charge is 0.130 e. The van der Waals surface area contributed by atoms with Crippen molar-refractivity contribution in [3.63, 3.8) is 0 Å². The monoisotopic (exact) mass is 451 g/mol. The first kappa shape index (κ1) is 19.6. The average Bonchev–Trinajstić information content (AvgIpc) is 2.68. The fourth-order valence-corrected chi connectivity index (χ4v) is 4.80. The third kappa shape index (κ3) is 3.30. The molecule has 150 valence electrons. The Morgan fingerprint density at radius 1 is 1.21 bits per heavy atom. The number of aliphatic hydroxyl groups excluding tert-OH is 1. The lowest BCUT2D eigenvalue weighted by atomic mass is 9.83. The first-order valence-electron chi connectivity index (χ1n) is 9.35. The Labute approximate surface area is 171 Å². The lowest BCUT2D eigenvalue weighted by Gasteiger charge is -2.44. The maximum Gasteiger partial charge on any atom is 0.130 e. The van der Waals surface area contributed by atoms with E-state index in [1.807, 2.05) is 0 Å². The standard InChI is InChI=1S/C21H23BrFNO4/c1-12-16(25)10-17-18(19(12)22)20(26)15(11-28-17)24-8-6-21(27,7-9-24)13-2-4-14(23)5-3-13/h2-5,10,15,20,25-27H,6-9,11H2,1H3/t15?,20-/m1/s1. The van der Waals surface area contributed by atoms with Crippen molar-refractivity contribution in [2.75, 3.05) is 19.7 Å². The van der Waals surface area contributed by atoms with Crippen LogP contribution in [0.2, 0.25) is 0 Å². The molecule has 5 nitrogen and oxygen atoms in total. The van der Waals surface area contributed by atoms with Gasteiger partial charge in [0, 0.05) is 34.8 Å². The number of fused-ring (bicyclic) bond motifs is 1. The first-order valence-corrected chi connectivity index (χ1v) is 10.1. The van der Waals surface area contributed by atoms with Gasteiger partial charge in [0.2, 0.25) is 0 Å². The van der Waals surface area contributed by atoms with Crippen LogP contribution >= 0.6 is 15.9 Å². The van der Waals surface area contributed by atoms with Crippen LogP contribution in [0, 0.1) is 12.7 Å². The molecule has 2 atom stereocenters. The minimum atomic E-state index is -0.994. The van der Waals surface area contributed by atoms with Gasteiger partial charge in [0.1, 0.15) is 30.0 Å². The number of aromatic hydroxyl groups is 1.